The molecule has 2 aromatic carbocycles. The molecular formula is C29H42O3. The molecule has 0 fully saturated rings. The zero-order valence-corrected chi connectivity index (χ0v) is 21.8. The fourth-order valence-electron chi connectivity index (χ4n) is 5.02. The normalized spacial score (nSPS) is 13.1. The second-order valence-corrected chi connectivity index (χ2v) is 12.7. The molecule has 0 atom stereocenters. The highest BCUT2D eigenvalue weighted by Gasteiger charge is 2.28. The minimum atomic E-state index is -0.728. The first kappa shape index (κ1) is 26.0. The Bertz CT molecular complexity index is 814. The van der Waals surface area contributed by atoms with Gasteiger partial charge in [0.05, 0.1) is 0 Å². The second kappa shape index (κ2) is 9.29. The van der Waals surface area contributed by atoms with Crippen molar-refractivity contribution in [2.45, 2.75) is 92.9 Å². The van der Waals surface area contributed by atoms with Crippen molar-refractivity contribution in [2.75, 3.05) is 0 Å². The molecule has 0 amide bonds. The molecule has 0 saturated carbocycles. The van der Waals surface area contributed by atoms with E-state index in [1.165, 1.54) is 11.1 Å². The minimum absolute atomic E-state index is 0.0415. The van der Waals surface area contributed by atoms with Gasteiger partial charge in [0.2, 0.25) is 0 Å². The van der Waals surface area contributed by atoms with E-state index in [9.17, 15) is 4.79 Å². The van der Waals surface area contributed by atoms with E-state index >= 15 is 0 Å². The SMILES string of the molecule is CC(C)(C)CC(C)(C)c1ccc(OC(=O)Oc2ccc(C(C)(C)CC(C)(C)C)cc2)cc1. The number of benzene rings is 2. The van der Waals surface area contributed by atoms with Gasteiger partial charge in [0, 0.05) is 0 Å². The predicted octanol–water partition coefficient (Wildman–Crippen LogP) is 8.69. The van der Waals surface area contributed by atoms with Crippen molar-refractivity contribution in [1.82, 2.24) is 0 Å². The summed E-state index contributed by atoms with van der Waals surface area (Å²) in [5.41, 5.74) is 3.00. The Kier molecular flexibility index (Phi) is 7.54. The summed E-state index contributed by atoms with van der Waals surface area (Å²) < 4.78 is 10.8. The average Bonchev–Trinajstić information content (AvgIpc) is 2.58. The summed E-state index contributed by atoms with van der Waals surface area (Å²) in [5, 5.41) is 0. The van der Waals surface area contributed by atoms with Crippen LogP contribution in [0.3, 0.4) is 0 Å². The lowest BCUT2D eigenvalue weighted by atomic mass is 9.72. The van der Waals surface area contributed by atoms with Crippen LogP contribution >= 0.6 is 0 Å². The van der Waals surface area contributed by atoms with Crippen molar-refractivity contribution < 1.29 is 14.3 Å². The van der Waals surface area contributed by atoms with E-state index in [1.807, 2.05) is 48.5 Å². The quantitative estimate of drug-likeness (QED) is 0.334. The smallest absolute Gasteiger partial charge is 0.395 e. The Hall–Kier alpha value is -2.29. The third-order valence-corrected chi connectivity index (χ3v) is 5.62. The molecule has 0 saturated heterocycles. The molecule has 0 bridgehead atoms. The van der Waals surface area contributed by atoms with Crippen LogP contribution in [0.25, 0.3) is 0 Å². The van der Waals surface area contributed by atoms with Gasteiger partial charge in [-0.2, -0.15) is 0 Å². The molecule has 32 heavy (non-hydrogen) atoms. The van der Waals surface area contributed by atoms with Gasteiger partial charge in [-0.25, -0.2) is 4.79 Å². The topological polar surface area (TPSA) is 35.5 Å². The van der Waals surface area contributed by atoms with Crippen molar-refractivity contribution in [2.24, 2.45) is 10.8 Å². The Morgan fingerprint density at radius 1 is 0.562 bits per heavy atom. The summed E-state index contributed by atoms with van der Waals surface area (Å²) in [6.45, 7) is 22.5. The zero-order chi connectivity index (χ0) is 24.4. The number of hydrogen-bond acceptors (Lipinski definition) is 3. The lowest BCUT2D eigenvalue weighted by Crippen LogP contribution is -2.24. The van der Waals surface area contributed by atoms with Crippen molar-refractivity contribution in [1.29, 1.82) is 0 Å². The van der Waals surface area contributed by atoms with Crippen LogP contribution in [0.2, 0.25) is 0 Å². The van der Waals surface area contributed by atoms with Gasteiger partial charge in [-0.1, -0.05) is 93.5 Å². The number of hydrogen-bond donors (Lipinski definition) is 0. The highest BCUT2D eigenvalue weighted by molar-refractivity contribution is 5.67. The number of ether oxygens (including phenoxy) is 2. The summed E-state index contributed by atoms with van der Waals surface area (Å²) in [4.78, 5) is 12.3. The second-order valence-electron chi connectivity index (χ2n) is 12.7. The Balaban J connectivity index is 1.99. The summed E-state index contributed by atoms with van der Waals surface area (Å²) in [7, 11) is 0. The van der Waals surface area contributed by atoms with Crippen molar-refractivity contribution in [3.8, 4) is 11.5 Å². The number of carbonyl (C=O) groups excluding carboxylic acids is 1. The zero-order valence-electron chi connectivity index (χ0n) is 21.8. The maximum absolute atomic E-state index is 12.3. The summed E-state index contributed by atoms with van der Waals surface area (Å²) in [5.74, 6) is 0.960. The van der Waals surface area contributed by atoms with Crippen LogP contribution in [0.15, 0.2) is 48.5 Å². The van der Waals surface area contributed by atoms with Crippen molar-refractivity contribution in [3.63, 3.8) is 0 Å². The van der Waals surface area contributed by atoms with Crippen LogP contribution in [-0.4, -0.2) is 6.16 Å². The van der Waals surface area contributed by atoms with Gasteiger partial charge in [-0.3, -0.25) is 0 Å². The monoisotopic (exact) mass is 438 g/mol. The Morgan fingerprint density at radius 2 is 0.844 bits per heavy atom. The van der Waals surface area contributed by atoms with Crippen LogP contribution in [0, 0.1) is 10.8 Å². The van der Waals surface area contributed by atoms with Crippen molar-refractivity contribution in [3.05, 3.63) is 59.7 Å². The van der Waals surface area contributed by atoms with Crippen molar-refractivity contribution >= 4 is 6.16 Å². The molecule has 0 aliphatic heterocycles. The van der Waals surface area contributed by atoms with Crippen LogP contribution in [-0.2, 0) is 10.8 Å². The average molecular weight is 439 g/mol. The molecule has 0 radical (unpaired) electrons. The van der Waals surface area contributed by atoms with E-state index in [-0.39, 0.29) is 21.7 Å². The van der Waals surface area contributed by atoms with E-state index < -0.39 is 6.16 Å². The van der Waals surface area contributed by atoms with Gasteiger partial charge >= 0.3 is 6.16 Å². The van der Waals surface area contributed by atoms with Crippen LogP contribution in [0.5, 0.6) is 11.5 Å². The Morgan fingerprint density at radius 3 is 1.09 bits per heavy atom. The maximum atomic E-state index is 12.3. The lowest BCUT2D eigenvalue weighted by Gasteiger charge is -2.33. The van der Waals surface area contributed by atoms with Crippen LogP contribution in [0.4, 0.5) is 4.79 Å². The molecule has 0 aliphatic carbocycles. The largest absolute Gasteiger partial charge is 0.519 e. The summed E-state index contributed by atoms with van der Waals surface area (Å²) >= 11 is 0. The first-order valence-electron chi connectivity index (χ1n) is 11.6. The van der Waals surface area contributed by atoms with E-state index in [0.717, 1.165) is 12.8 Å². The molecule has 0 aliphatic rings. The van der Waals surface area contributed by atoms with E-state index in [2.05, 4.69) is 69.2 Å². The number of rotatable bonds is 6. The summed E-state index contributed by atoms with van der Waals surface area (Å²) in [6.07, 6.45) is 1.39. The number of carbonyl (C=O) groups is 1. The third-order valence-electron chi connectivity index (χ3n) is 5.62. The lowest BCUT2D eigenvalue weighted by molar-refractivity contribution is 0.152. The molecule has 0 spiro atoms. The maximum Gasteiger partial charge on any atom is 0.519 e. The molecule has 0 unspecified atom stereocenters. The van der Waals surface area contributed by atoms with Crippen LogP contribution < -0.4 is 9.47 Å². The predicted molar refractivity (Wildman–Crippen MR) is 134 cm³/mol. The molecule has 3 nitrogen and oxygen atoms in total. The standard InChI is InChI=1S/C29H42O3/c1-26(2,3)19-28(7,8)21-11-15-23(16-12-21)31-25(30)32-24-17-13-22(14-18-24)29(9,10)20-27(4,5)6/h11-18H,19-20H2,1-10H3. The van der Waals surface area contributed by atoms with E-state index in [4.69, 9.17) is 9.47 Å². The summed E-state index contributed by atoms with van der Waals surface area (Å²) in [6, 6.07) is 15.4. The molecular weight excluding hydrogens is 396 g/mol. The van der Waals surface area contributed by atoms with Gasteiger partial charge in [0.1, 0.15) is 11.5 Å². The molecule has 2 aromatic rings. The molecule has 2 rings (SSSR count). The van der Waals surface area contributed by atoms with Gasteiger partial charge in [-0.05, 0) is 69.9 Å². The van der Waals surface area contributed by atoms with Gasteiger partial charge in [0.15, 0.2) is 0 Å². The van der Waals surface area contributed by atoms with Gasteiger partial charge in [-0.15, -0.1) is 0 Å². The molecule has 3 heteroatoms. The first-order valence-corrected chi connectivity index (χ1v) is 11.6. The van der Waals surface area contributed by atoms with Crippen LogP contribution in [0.1, 0.15) is 93.2 Å². The highest BCUT2D eigenvalue weighted by Crippen LogP contribution is 2.38. The highest BCUT2D eigenvalue weighted by atomic mass is 16.7. The molecule has 0 aromatic heterocycles. The fraction of sp³-hybridized carbons (Fsp3) is 0.552. The van der Waals surface area contributed by atoms with E-state index in [1.54, 1.807) is 0 Å². The molecule has 0 N–H and O–H groups in total. The van der Waals surface area contributed by atoms with Gasteiger partial charge < -0.3 is 9.47 Å². The first-order chi connectivity index (χ1) is 14.5. The molecule has 176 valence electrons. The Labute approximate surface area is 195 Å². The molecule has 0 heterocycles. The fourth-order valence-corrected chi connectivity index (χ4v) is 5.02. The van der Waals surface area contributed by atoms with E-state index in [0.29, 0.717) is 11.5 Å². The van der Waals surface area contributed by atoms with Gasteiger partial charge in [0.25, 0.3) is 0 Å². The minimum Gasteiger partial charge on any atom is -0.395 e. The third kappa shape index (κ3) is 8.00.